The molecule has 0 aliphatic heterocycles. The maximum atomic E-state index is 11.5. The molecule has 0 unspecified atom stereocenters. The zero-order valence-electron chi connectivity index (χ0n) is 9.79. The van der Waals surface area contributed by atoms with Gasteiger partial charge in [0.1, 0.15) is 0 Å². The number of rotatable bonds is 8. The van der Waals surface area contributed by atoms with Gasteiger partial charge in [-0.25, -0.2) is 0 Å². The van der Waals surface area contributed by atoms with Crippen LogP contribution in [0.4, 0.5) is 0 Å². The van der Waals surface area contributed by atoms with E-state index in [0.29, 0.717) is 18.0 Å². The van der Waals surface area contributed by atoms with Crippen molar-refractivity contribution in [3.63, 3.8) is 0 Å². The minimum absolute atomic E-state index is 0.138. The zero-order valence-corrected chi connectivity index (χ0v) is 10.6. The SMILES string of the molecule is CCCCCCCC(=O)N(C)CC(N)=S. The lowest BCUT2D eigenvalue weighted by atomic mass is 10.1. The molecule has 2 N–H and O–H groups in total. The van der Waals surface area contributed by atoms with Gasteiger partial charge in [0.15, 0.2) is 0 Å². The van der Waals surface area contributed by atoms with Gasteiger partial charge < -0.3 is 10.6 Å². The molecule has 0 fully saturated rings. The number of hydrogen-bond donors (Lipinski definition) is 1. The summed E-state index contributed by atoms with van der Waals surface area (Å²) >= 11 is 4.74. The van der Waals surface area contributed by atoms with Crippen molar-refractivity contribution in [2.75, 3.05) is 13.6 Å². The molecule has 0 heterocycles. The van der Waals surface area contributed by atoms with Crippen LogP contribution in [0.3, 0.4) is 0 Å². The molecule has 4 heteroatoms. The average Bonchev–Trinajstić information content (AvgIpc) is 2.16. The first-order valence-corrected chi connectivity index (χ1v) is 6.01. The largest absolute Gasteiger partial charge is 0.392 e. The molecule has 1 amide bonds. The van der Waals surface area contributed by atoms with Crippen LogP contribution in [0.2, 0.25) is 0 Å². The maximum absolute atomic E-state index is 11.5. The van der Waals surface area contributed by atoms with Gasteiger partial charge in [-0.3, -0.25) is 4.79 Å². The van der Waals surface area contributed by atoms with E-state index in [2.05, 4.69) is 6.92 Å². The Morgan fingerprint density at radius 2 is 1.87 bits per heavy atom. The van der Waals surface area contributed by atoms with Crippen LogP contribution in [-0.2, 0) is 4.79 Å². The number of nitrogens with two attached hydrogens (primary N) is 1. The molecule has 88 valence electrons. The van der Waals surface area contributed by atoms with E-state index in [9.17, 15) is 4.79 Å². The summed E-state index contributed by atoms with van der Waals surface area (Å²) in [6, 6.07) is 0. The highest BCUT2D eigenvalue weighted by Crippen LogP contribution is 2.06. The van der Waals surface area contributed by atoms with Crippen LogP contribution >= 0.6 is 12.2 Å². The molecule has 0 bridgehead atoms. The topological polar surface area (TPSA) is 46.3 Å². The van der Waals surface area contributed by atoms with Gasteiger partial charge in [0.05, 0.1) is 11.5 Å². The molecule has 0 radical (unpaired) electrons. The third-order valence-electron chi connectivity index (χ3n) is 2.31. The van der Waals surface area contributed by atoms with E-state index < -0.39 is 0 Å². The molecule has 0 aliphatic rings. The molecule has 0 spiro atoms. The van der Waals surface area contributed by atoms with Gasteiger partial charge in [0, 0.05) is 13.5 Å². The van der Waals surface area contributed by atoms with Gasteiger partial charge in [-0.2, -0.15) is 0 Å². The van der Waals surface area contributed by atoms with E-state index in [1.807, 2.05) is 0 Å². The van der Waals surface area contributed by atoms with Gasteiger partial charge in [-0.1, -0.05) is 44.8 Å². The van der Waals surface area contributed by atoms with Crippen molar-refractivity contribution >= 4 is 23.1 Å². The number of carbonyl (C=O) groups excluding carboxylic acids is 1. The fraction of sp³-hybridized carbons (Fsp3) is 0.818. The van der Waals surface area contributed by atoms with Crippen LogP contribution in [0.15, 0.2) is 0 Å². The van der Waals surface area contributed by atoms with E-state index in [1.165, 1.54) is 19.3 Å². The molecule has 0 aromatic rings. The molecule has 0 aromatic heterocycles. The summed E-state index contributed by atoms with van der Waals surface area (Å²) in [4.78, 5) is 13.5. The second-order valence-electron chi connectivity index (χ2n) is 3.88. The Kier molecular flexibility index (Phi) is 8.28. The molecular formula is C11H22N2OS. The summed E-state index contributed by atoms with van der Waals surface area (Å²) in [5, 5.41) is 0. The second-order valence-corrected chi connectivity index (χ2v) is 4.40. The van der Waals surface area contributed by atoms with Gasteiger partial charge in [0.25, 0.3) is 0 Å². The Morgan fingerprint density at radius 1 is 1.27 bits per heavy atom. The van der Waals surface area contributed by atoms with E-state index >= 15 is 0 Å². The molecule has 0 saturated heterocycles. The second kappa shape index (κ2) is 8.65. The molecular weight excluding hydrogens is 208 g/mol. The fourth-order valence-electron chi connectivity index (χ4n) is 1.39. The van der Waals surface area contributed by atoms with Crippen molar-refractivity contribution in [2.45, 2.75) is 45.4 Å². The number of nitrogens with zero attached hydrogens (tertiary/aromatic N) is 1. The van der Waals surface area contributed by atoms with Crippen LogP contribution < -0.4 is 5.73 Å². The zero-order chi connectivity index (χ0) is 11.7. The van der Waals surface area contributed by atoms with E-state index in [0.717, 1.165) is 12.8 Å². The minimum Gasteiger partial charge on any atom is -0.392 e. The molecule has 0 atom stereocenters. The lowest BCUT2D eigenvalue weighted by Gasteiger charge is -2.15. The summed E-state index contributed by atoms with van der Waals surface area (Å²) in [5.41, 5.74) is 5.36. The first kappa shape index (κ1) is 14.4. The Hall–Kier alpha value is -0.640. The third-order valence-corrected chi connectivity index (χ3v) is 2.44. The van der Waals surface area contributed by atoms with Crippen molar-refractivity contribution in [1.82, 2.24) is 4.90 Å². The van der Waals surface area contributed by atoms with Gasteiger partial charge >= 0.3 is 0 Å². The monoisotopic (exact) mass is 230 g/mol. The van der Waals surface area contributed by atoms with Gasteiger partial charge in [-0.15, -0.1) is 0 Å². The molecule has 0 saturated carbocycles. The number of carbonyl (C=O) groups is 1. The normalized spacial score (nSPS) is 10.0. The molecule has 3 nitrogen and oxygen atoms in total. The van der Waals surface area contributed by atoms with Crippen LogP contribution in [0, 0.1) is 0 Å². The molecule has 0 aromatic carbocycles. The number of amides is 1. The predicted molar refractivity (Wildman–Crippen MR) is 67.8 cm³/mol. The Balaban J connectivity index is 3.51. The van der Waals surface area contributed by atoms with Crippen LogP contribution in [0.5, 0.6) is 0 Å². The fourth-order valence-corrected chi connectivity index (χ4v) is 1.59. The first-order valence-electron chi connectivity index (χ1n) is 5.60. The summed E-state index contributed by atoms with van der Waals surface area (Å²) in [6.07, 6.45) is 6.44. The molecule has 15 heavy (non-hydrogen) atoms. The summed E-state index contributed by atoms with van der Waals surface area (Å²) in [5.74, 6) is 0.138. The minimum atomic E-state index is 0.138. The lowest BCUT2D eigenvalue weighted by molar-refractivity contribution is -0.129. The standard InChI is InChI=1S/C11H22N2OS/c1-3-4-5-6-7-8-11(14)13(2)9-10(12)15/h3-9H2,1-2H3,(H2,12,15). The maximum Gasteiger partial charge on any atom is 0.222 e. The highest BCUT2D eigenvalue weighted by Gasteiger charge is 2.08. The number of hydrogen-bond acceptors (Lipinski definition) is 2. The third kappa shape index (κ3) is 8.36. The van der Waals surface area contributed by atoms with Crippen molar-refractivity contribution in [3.05, 3.63) is 0 Å². The Labute approximate surface area is 98.0 Å². The van der Waals surface area contributed by atoms with E-state index in [4.69, 9.17) is 18.0 Å². The van der Waals surface area contributed by atoms with Crippen LogP contribution in [0.25, 0.3) is 0 Å². The number of thiocarbonyl (C=S) groups is 1. The average molecular weight is 230 g/mol. The van der Waals surface area contributed by atoms with Crippen molar-refractivity contribution in [2.24, 2.45) is 5.73 Å². The van der Waals surface area contributed by atoms with Gasteiger partial charge in [0.2, 0.25) is 5.91 Å². The number of unbranched alkanes of at least 4 members (excludes halogenated alkanes) is 4. The van der Waals surface area contributed by atoms with Crippen molar-refractivity contribution in [1.29, 1.82) is 0 Å². The molecule has 0 aliphatic carbocycles. The lowest BCUT2D eigenvalue weighted by Crippen LogP contribution is -2.34. The summed E-state index contributed by atoms with van der Waals surface area (Å²) in [6.45, 7) is 2.57. The predicted octanol–water partition coefficient (Wildman–Crippen LogP) is 2.09. The van der Waals surface area contributed by atoms with Crippen LogP contribution in [-0.4, -0.2) is 29.4 Å². The van der Waals surface area contributed by atoms with Crippen molar-refractivity contribution < 1.29 is 4.79 Å². The summed E-state index contributed by atoms with van der Waals surface area (Å²) < 4.78 is 0. The highest BCUT2D eigenvalue weighted by atomic mass is 32.1. The van der Waals surface area contributed by atoms with Gasteiger partial charge in [-0.05, 0) is 6.42 Å². The Morgan fingerprint density at radius 3 is 2.40 bits per heavy atom. The summed E-state index contributed by atoms with van der Waals surface area (Å²) in [7, 11) is 1.74. The van der Waals surface area contributed by atoms with Crippen LogP contribution in [0.1, 0.15) is 45.4 Å². The smallest absolute Gasteiger partial charge is 0.222 e. The number of likely N-dealkylation sites (N-methyl/N-ethyl adjacent to an activating group) is 1. The quantitative estimate of drug-likeness (QED) is 0.513. The Bertz CT molecular complexity index is 207. The van der Waals surface area contributed by atoms with Crippen molar-refractivity contribution in [3.8, 4) is 0 Å². The van der Waals surface area contributed by atoms with E-state index in [-0.39, 0.29) is 5.91 Å². The molecule has 0 rings (SSSR count). The first-order chi connectivity index (χ1) is 7.07. The van der Waals surface area contributed by atoms with E-state index in [1.54, 1.807) is 11.9 Å². The highest BCUT2D eigenvalue weighted by molar-refractivity contribution is 7.80.